The second-order valence-electron chi connectivity index (χ2n) is 3.60. The van der Waals surface area contributed by atoms with Crippen molar-refractivity contribution >= 4 is 11.8 Å². The van der Waals surface area contributed by atoms with Gasteiger partial charge < -0.3 is 10.2 Å². The molecule has 2 amide bonds. The van der Waals surface area contributed by atoms with E-state index in [0.29, 0.717) is 0 Å². The van der Waals surface area contributed by atoms with Gasteiger partial charge in [-0.3, -0.25) is 14.7 Å². The van der Waals surface area contributed by atoms with Gasteiger partial charge in [0.25, 0.3) is 5.91 Å². The van der Waals surface area contributed by atoms with Crippen LogP contribution in [0.25, 0.3) is 0 Å². The van der Waals surface area contributed by atoms with Gasteiger partial charge in [0, 0.05) is 13.1 Å². The standard InChI is InChI=1S/C9H13N5O2/c15-7(14-3-1-2-4-14)5-10-9(16)8-11-6-12-13-8/h6H,1-5H2,(H,10,16)(H,11,12,13). The largest absolute Gasteiger partial charge is 0.341 e. The molecule has 2 rings (SSSR count). The van der Waals surface area contributed by atoms with E-state index in [4.69, 9.17) is 0 Å². The topological polar surface area (TPSA) is 91.0 Å². The monoisotopic (exact) mass is 223 g/mol. The Morgan fingerprint density at radius 3 is 2.81 bits per heavy atom. The van der Waals surface area contributed by atoms with Crippen LogP contribution in [0.4, 0.5) is 0 Å². The SMILES string of the molecule is O=C(NCC(=O)N1CCCC1)c1ncn[nH]1. The van der Waals surface area contributed by atoms with Crippen LogP contribution in [0.2, 0.25) is 0 Å². The summed E-state index contributed by atoms with van der Waals surface area (Å²) < 4.78 is 0. The zero-order valence-electron chi connectivity index (χ0n) is 8.77. The number of nitrogens with one attached hydrogen (secondary N) is 2. The van der Waals surface area contributed by atoms with Crippen LogP contribution >= 0.6 is 0 Å². The molecule has 1 aromatic rings. The van der Waals surface area contributed by atoms with Gasteiger partial charge in [0.15, 0.2) is 0 Å². The van der Waals surface area contributed by atoms with E-state index in [9.17, 15) is 9.59 Å². The lowest BCUT2D eigenvalue weighted by Crippen LogP contribution is -2.38. The van der Waals surface area contributed by atoms with Crippen LogP contribution in [0, 0.1) is 0 Å². The summed E-state index contributed by atoms with van der Waals surface area (Å²) in [6, 6.07) is 0. The van der Waals surface area contributed by atoms with Crippen molar-refractivity contribution in [2.24, 2.45) is 0 Å². The minimum atomic E-state index is -0.412. The molecule has 7 heteroatoms. The molecule has 16 heavy (non-hydrogen) atoms. The smallest absolute Gasteiger partial charge is 0.289 e. The number of hydrogen-bond donors (Lipinski definition) is 2. The van der Waals surface area contributed by atoms with Crippen molar-refractivity contribution in [3.63, 3.8) is 0 Å². The number of aromatic nitrogens is 3. The van der Waals surface area contributed by atoms with Gasteiger partial charge in [-0.15, -0.1) is 0 Å². The Balaban J connectivity index is 1.79. The fourth-order valence-corrected chi connectivity index (χ4v) is 1.63. The number of carbonyl (C=O) groups is 2. The fourth-order valence-electron chi connectivity index (χ4n) is 1.63. The molecule has 1 aliphatic heterocycles. The summed E-state index contributed by atoms with van der Waals surface area (Å²) >= 11 is 0. The van der Waals surface area contributed by atoms with Gasteiger partial charge in [-0.05, 0) is 12.8 Å². The summed E-state index contributed by atoms with van der Waals surface area (Å²) in [5.74, 6) is -0.343. The molecule has 0 aromatic carbocycles. The van der Waals surface area contributed by atoms with Gasteiger partial charge in [0.1, 0.15) is 6.33 Å². The molecule has 0 radical (unpaired) electrons. The highest BCUT2D eigenvalue weighted by atomic mass is 16.2. The fraction of sp³-hybridized carbons (Fsp3) is 0.556. The molecular formula is C9H13N5O2. The number of H-pyrrole nitrogens is 1. The number of amides is 2. The zero-order chi connectivity index (χ0) is 11.4. The molecular weight excluding hydrogens is 210 g/mol. The first kappa shape index (κ1) is 10.6. The predicted octanol–water partition coefficient (Wildman–Crippen LogP) is -0.843. The summed E-state index contributed by atoms with van der Waals surface area (Å²) in [4.78, 5) is 28.4. The number of nitrogens with zero attached hydrogens (tertiary/aromatic N) is 3. The van der Waals surface area contributed by atoms with Gasteiger partial charge in [-0.1, -0.05) is 0 Å². The van der Waals surface area contributed by atoms with Crippen molar-refractivity contribution in [1.82, 2.24) is 25.4 Å². The highest BCUT2D eigenvalue weighted by Gasteiger charge is 2.18. The average Bonchev–Trinajstić information content (AvgIpc) is 2.95. The van der Waals surface area contributed by atoms with E-state index in [1.165, 1.54) is 6.33 Å². The van der Waals surface area contributed by atoms with Crippen LogP contribution in [0.1, 0.15) is 23.5 Å². The van der Waals surface area contributed by atoms with E-state index in [0.717, 1.165) is 25.9 Å². The third-order valence-corrected chi connectivity index (χ3v) is 2.49. The zero-order valence-corrected chi connectivity index (χ0v) is 8.77. The maximum Gasteiger partial charge on any atom is 0.289 e. The van der Waals surface area contributed by atoms with E-state index in [-0.39, 0.29) is 18.3 Å². The lowest BCUT2D eigenvalue weighted by atomic mass is 10.4. The number of carbonyl (C=O) groups excluding carboxylic acids is 2. The molecule has 7 nitrogen and oxygen atoms in total. The van der Waals surface area contributed by atoms with E-state index in [1.54, 1.807) is 4.90 Å². The molecule has 1 saturated heterocycles. The van der Waals surface area contributed by atoms with Crippen molar-refractivity contribution < 1.29 is 9.59 Å². The maximum atomic E-state index is 11.6. The second kappa shape index (κ2) is 4.73. The first-order valence-electron chi connectivity index (χ1n) is 5.19. The van der Waals surface area contributed by atoms with Crippen molar-refractivity contribution in [2.75, 3.05) is 19.6 Å². The van der Waals surface area contributed by atoms with E-state index in [2.05, 4.69) is 20.5 Å². The molecule has 0 saturated carbocycles. The third kappa shape index (κ3) is 2.36. The predicted molar refractivity (Wildman–Crippen MR) is 54.5 cm³/mol. The molecule has 0 spiro atoms. The van der Waals surface area contributed by atoms with Crippen LogP contribution in [-0.2, 0) is 4.79 Å². The Kier molecular flexibility index (Phi) is 3.13. The molecule has 86 valence electrons. The van der Waals surface area contributed by atoms with Crippen LogP contribution in [-0.4, -0.2) is 51.5 Å². The number of hydrogen-bond acceptors (Lipinski definition) is 4. The minimum Gasteiger partial charge on any atom is -0.341 e. The van der Waals surface area contributed by atoms with E-state index >= 15 is 0 Å². The highest BCUT2D eigenvalue weighted by Crippen LogP contribution is 2.06. The van der Waals surface area contributed by atoms with Crippen LogP contribution in [0.3, 0.4) is 0 Å². The van der Waals surface area contributed by atoms with Crippen molar-refractivity contribution in [3.05, 3.63) is 12.2 Å². The lowest BCUT2D eigenvalue weighted by molar-refractivity contribution is -0.129. The summed E-state index contributed by atoms with van der Waals surface area (Å²) in [6.07, 6.45) is 3.33. The Morgan fingerprint density at radius 2 is 2.19 bits per heavy atom. The molecule has 1 aliphatic rings. The molecule has 0 bridgehead atoms. The summed E-state index contributed by atoms with van der Waals surface area (Å²) in [5.41, 5.74) is 0. The normalized spacial score (nSPS) is 15.1. The molecule has 1 aromatic heterocycles. The van der Waals surface area contributed by atoms with E-state index < -0.39 is 5.91 Å². The molecule has 2 N–H and O–H groups in total. The summed E-state index contributed by atoms with van der Waals surface area (Å²) in [6.45, 7) is 1.59. The molecule has 1 fully saturated rings. The van der Waals surface area contributed by atoms with Crippen LogP contribution in [0.15, 0.2) is 6.33 Å². The van der Waals surface area contributed by atoms with Crippen molar-refractivity contribution in [2.45, 2.75) is 12.8 Å². The first-order valence-corrected chi connectivity index (χ1v) is 5.19. The molecule has 2 heterocycles. The first-order chi connectivity index (χ1) is 7.77. The quantitative estimate of drug-likeness (QED) is 0.698. The third-order valence-electron chi connectivity index (χ3n) is 2.49. The summed E-state index contributed by atoms with van der Waals surface area (Å²) in [7, 11) is 0. The average molecular weight is 223 g/mol. The number of rotatable bonds is 3. The highest BCUT2D eigenvalue weighted by molar-refractivity contribution is 5.93. The molecule has 0 unspecified atom stereocenters. The molecule has 0 aliphatic carbocycles. The van der Waals surface area contributed by atoms with Crippen molar-refractivity contribution in [1.29, 1.82) is 0 Å². The van der Waals surface area contributed by atoms with E-state index in [1.807, 2.05) is 0 Å². The van der Waals surface area contributed by atoms with Gasteiger partial charge in [0.2, 0.25) is 11.7 Å². The number of likely N-dealkylation sites (tertiary alicyclic amines) is 1. The molecule has 0 atom stereocenters. The van der Waals surface area contributed by atoms with Gasteiger partial charge in [-0.2, -0.15) is 5.10 Å². The Morgan fingerprint density at radius 1 is 1.44 bits per heavy atom. The number of aromatic amines is 1. The Hall–Kier alpha value is -1.92. The lowest BCUT2D eigenvalue weighted by Gasteiger charge is -2.14. The van der Waals surface area contributed by atoms with Gasteiger partial charge in [-0.25, -0.2) is 4.98 Å². The van der Waals surface area contributed by atoms with Gasteiger partial charge in [0.05, 0.1) is 6.54 Å². The Labute approximate surface area is 92.2 Å². The van der Waals surface area contributed by atoms with Crippen LogP contribution in [0.5, 0.6) is 0 Å². The van der Waals surface area contributed by atoms with Gasteiger partial charge >= 0.3 is 0 Å². The minimum absolute atomic E-state index is 0.0134. The summed E-state index contributed by atoms with van der Waals surface area (Å²) in [5, 5.41) is 8.49. The Bertz CT molecular complexity index is 369. The second-order valence-corrected chi connectivity index (χ2v) is 3.60. The van der Waals surface area contributed by atoms with Crippen molar-refractivity contribution in [3.8, 4) is 0 Å². The maximum absolute atomic E-state index is 11.6. The van der Waals surface area contributed by atoms with Crippen LogP contribution < -0.4 is 5.32 Å².